The van der Waals surface area contributed by atoms with E-state index in [1.165, 1.54) is 17.4 Å². The smallest absolute Gasteiger partial charge is 0.263 e. The van der Waals surface area contributed by atoms with Gasteiger partial charge in [-0.1, -0.05) is 32.9 Å². The normalized spacial score (nSPS) is 16.8. The van der Waals surface area contributed by atoms with Crippen molar-refractivity contribution in [3.05, 3.63) is 51.2 Å². The number of rotatable bonds is 5. The minimum atomic E-state index is -0.268. The van der Waals surface area contributed by atoms with Gasteiger partial charge in [-0.25, -0.2) is 9.37 Å². The topological polar surface area (TPSA) is 54.5 Å². The second-order valence-electron chi connectivity index (χ2n) is 8.11. The Bertz CT molecular complexity index is 825. The fourth-order valence-corrected chi connectivity index (χ4v) is 4.30. The fraction of sp³-hybridized carbons (Fsp3) is 0.524. The molecule has 1 fully saturated rings. The van der Waals surface area contributed by atoms with Crippen molar-refractivity contribution in [2.45, 2.75) is 39.2 Å². The molecule has 1 atom stereocenters. The van der Waals surface area contributed by atoms with E-state index < -0.39 is 0 Å². The van der Waals surface area contributed by atoms with Gasteiger partial charge in [-0.15, -0.1) is 11.3 Å². The highest BCUT2D eigenvalue weighted by Gasteiger charge is 2.26. The molecule has 1 aromatic heterocycles. The number of amides is 1. The van der Waals surface area contributed by atoms with Crippen LogP contribution in [0, 0.1) is 12.7 Å². The summed E-state index contributed by atoms with van der Waals surface area (Å²) in [5.41, 5.74) is 1.52. The Kier molecular flexibility index (Phi) is 6.47. The fourth-order valence-electron chi connectivity index (χ4n) is 3.26. The van der Waals surface area contributed by atoms with E-state index in [1.807, 2.05) is 13.0 Å². The summed E-state index contributed by atoms with van der Waals surface area (Å²) in [5, 5.41) is 4.00. The second kappa shape index (κ2) is 8.68. The predicted molar refractivity (Wildman–Crippen MR) is 109 cm³/mol. The average Bonchev–Trinajstić information content (AvgIpc) is 3.05. The first-order valence-corrected chi connectivity index (χ1v) is 10.4. The van der Waals surface area contributed by atoms with Crippen molar-refractivity contribution in [2.24, 2.45) is 0 Å². The number of carbonyl (C=O) groups is 1. The van der Waals surface area contributed by atoms with Gasteiger partial charge in [0, 0.05) is 25.0 Å². The number of morpholine rings is 1. The lowest BCUT2D eigenvalue weighted by Crippen LogP contribution is -2.43. The highest BCUT2D eigenvalue weighted by atomic mass is 32.1. The number of nitrogens with zero attached hydrogens (tertiary/aromatic N) is 2. The zero-order valence-corrected chi connectivity index (χ0v) is 17.7. The molecule has 0 spiro atoms. The van der Waals surface area contributed by atoms with Crippen LogP contribution in [0.15, 0.2) is 24.3 Å². The van der Waals surface area contributed by atoms with Crippen molar-refractivity contribution < 1.29 is 13.9 Å². The minimum Gasteiger partial charge on any atom is -0.379 e. The minimum absolute atomic E-state index is 0.0914. The van der Waals surface area contributed by atoms with Gasteiger partial charge in [0.15, 0.2) is 0 Å². The van der Waals surface area contributed by atoms with Crippen LogP contribution in [-0.2, 0) is 10.2 Å². The summed E-state index contributed by atoms with van der Waals surface area (Å²) in [5.74, 6) is -0.393. The number of aryl methyl sites for hydroxylation is 1. The largest absolute Gasteiger partial charge is 0.379 e. The van der Waals surface area contributed by atoms with Crippen LogP contribution in [0.1, 0.15) is 52.7 Å². The van der Waals surface area contributed by atoms with E-state index in [1.54, 1.807) is 12.1 Å². The summed E-state index contributed by atoms with van der Waals surface area (Å²) in [6.07, 6.45) is 0. The van der Waals surface area contributed by atoms with Gasteiger partial charge in [0.05, 0.1) is 30.0 Å². The lowest BCUT2D eigenvalue weighted by molar-refractivity contribution is 0.0162. The Morgan fingerprint density at radius 1 is 1.36 bits per heavy atom. The molecule has 1 saturated heterocycles. The number of thiazole rings is 1. The van der Waals surface area contributed by atoms with E-state index in [9.17, 15) is 9.18 Å². The zero-order valence-electron chi connectivity index (χ0n) is 16.9. The molecule has 7 heteroatoms. The maximum atomic E-state index is 13.8. The Hall–Kier alpha value is -1.83. The number of hydrogen-bond acceptors (Lipinski definition) is 5. The lowest BCUT2D eigenvalue weighted by Gasteiger charge is -2.34. The van der Waals surface area contributed by atoms with E-state index in [-0.39, 0.29) is 23.2 Å². The molecule has 1 aromatic carbocycles. The zero-order chi connectivity index (χ0) is 20.3. The standard InChI is InChI=1S/C21H28FN3O2S/c1-14-18(28-20(24-14)21(2,3)4)19(26)23-13-17(25-8-10-27-11-9-25)15-6-5-7-16(22)12-15/h5-7,12,17H,8-11,13H2,1-4H3,(H,23,26). The number of nitrogens with one attached hydrogen (secondary N) is 1. The molecule has 0 radical (unpaired) electrons. The number of benzene rings is 1. The molecule has 1 amide bonds. The van der Waals surface area contributed by atoms with Crippen LogP contribution in [0.3, 0.4) is 0 Å². The summed E-state index contributed by atoms with van der Waals surface area (Å²) in [4.78, 5) is 20.3. The van der Waals surface area contributed by atoms with Crippen LogP contribution in [0.2, 0.25) is 0 Å². The van der Waals surface area contributed by atoms with Crippen LogP contribution in [0.25, 0.3) is 0 Å². The number of hydrogen-bond donors (Lipinski definition) is 1. The molecular formula is C21H28FN3O2S. The van der Waals surface area contributed by atoms with Gasteiger partial charge in [0.25, 0.3) is 5.91 Å². The Morgan fingerprint density at radius 3 is 2.68 bits per heavy atom. The van der Waals surface area contributed by atoms with E-state index in [0.717, 1.165) is 29.4 Å². The first-order chi connectivity index (χ1) is 13.3. The van der Waals surface area contributed by atoms with Gasteiger partial charge in [-0.2, -0.15) is 0 Å². The van der Waals surface area contributed by atoms with Crippen molar-refractivity contribution in [1.29, 1.82) is 0 Å². The predicted octanol–water partition coefficient (Wildman–Crippen LogP) is 3.69. The molecule has 1 N–H and O–H groups in total. The number of carbonyl (C=O) groups excluding carboxylic acids is 1. The Labute approximate surface area is 169 Å². The molecule has 1 unspecified atom stereocenters. The molecule has 152 valence electrons. The molecule has 28 heavy (non-hydrogen) atoms. The van der Waals surface area contributed by atoms with Gasteiger partial charge in [0.2, 0.25) is 0 Å². The van der Waals surface area contributed by atoms with Gasteiger partial charge < -0.3 is 10.1 Å². The quantitative estimate of drug-likeness (QED) is 0.824. The third-order valence-corrected chi connectivity index (χ3v) is 6.40. The van der Waals surface area contributed by atoms with E-state index in [4.69, 9.17) is 4.74 Å². The van der Waals surface area contributed by atoms with Crippen molar-refractivity contribution >= 4 is 17.2 Å². The molecule has 1 aliphatic rings. The van der Waals surface area contributed by atoms with Gasteiger partial charge in [-0.05, 0) is 24.6 Å². The molecule has 2 aromatic rings. The summed E-state index contributed by atoms with van der Waals surface area (Å²) in [6, 6.07) is 6.50. The maximum absolute atomic E-state index is 13.8. The van der Waals surface area contributed by atoms with Crippen LogP contribution in [-0.4, -0.2) is 48.6 Å². The van der Waals surface area contributed by atoms with E-state index >= 15 is 0 Å². The molecule has 3 rings (SSSR count). The number of ether oxygens (including phenoxy) is 1. The summed E-state index contributed by atoms with van der Waals surface area (Å²) < 4.78 is 19.2. The maximum Gasteiger partial charge on any atom is 0.263 e. The Balaban J connectivity index is 1.76. The van der Waals surface area contributed by atoms with Crippen LogP contribution in [0.4, 0.5) is 4.39 Å². The average molecular weight is 406 g/mol. The second-order valence-corrected chi connectivity index (χ2v) is 9.11. The van der Waals surface area contributed by atoms with Gasteiger partial charge in [0.1, 0.15) is 10.7 Å². The monoisotopic (exact) mass is 405 g/mol. The molecule has 0 saturated carbocycles. The number of aromatic nitrogens is 1. The van der Waals surface area contributed by atoms with Crippen molar-refractivity contribution in [3.8, 4) is 0 Å². The molecule has 1 aliphatic heterocycles. The molecule has 2 heterocycles. The van der Waals surface area contributed by atoms with Crippen LogP contribution >= 0.6 is 11.3 Å². The molecular weight excluding hydrogens is 377 g/mol. The molecule has 0 aliphatic carbocycles. The van der Waals surface area contributed by atoms with Crippen molar-refractivity contribution in [1.82, 2.24) is 15.2 Å². The highest BCUT2D eigenvalue weighted by molar-refractivity contribution is 7.14. The van der Waals surface area contributed by atoms with Crippen molar-refractivity contribution in [2.75, 3.05) is 32.8 Å². The molecule has 0 bridgehead atoms. The van der Waals surface area contributed by atoms with E-state index in [2.05, 4.69) is 36.0 Å². The Morgan fingerprint density at radius 2 is 2.07 bits per heavy atom. The summed E-state index contributed by atoms with van der Waals surface area (Å²) >= 11 is 1.44. The van der Waals surface area contributed by atoms with Gasteiger partial charge in [-0.3, -0.25) is 9.69 Å². The third kappa shape index (κ3) is 4.96. The van der Waals surface area contributed by atoms with Crippen LogP contribution < -0.4 is 5.32 Å². The van der Waals surface area contributed by atoms with E-state index in [0.29, 0.717) is 24.6 Å². The third-order valence-electron chi connectivity index (χ3n) is 4.82. The lowest BCUT2D eigenvalue weighted by atomic mass is 9.98. The van der Waals surface area contributed by atoms with Gasteiger partial charge >= 0.3 is 0 Å². The number of halogens is 1. The summed E-state index contributed by atoms with van der Waals surface area (Å²) in [6.45, 7) is 11.3. The first kappa shape index (κ1) is 20.9. The molecule has 5 nitrogen and oxygen atoms in total. The summed E-state index contributed by atoms with van der Waals surface area (Å²) in [7, 11) is 0. The highest BCUT2D eigenvalue weighted by Crippen LogP contribution is 2.29. The van der Waals surface area contributed by atoms with Crippen LogP contribution in [0.5, 0.6) is 0 Å². The van der Waals surface area contributed by atoms with Crippen molar-refractivity contribution in [3.63, 3.8) is 0 Å². The first-order valence-electron chi connectivity index (χ1n) is 9.59. The SMILES string of the molecule is Cc1nc(C(C)(C)C)sc1C(=O)NCC(c1cccc(F)c1)N1CCOCC1.